The summed E-state index contributed by atoms with van der Waals surface area (Å²) < 4.78 is 4.92. The molecular formula is C16H18N6O4. The Morgan fingerprint density at radius 2 is 1.96 bits per heavy atom. The Morgan fingerprint density at radius 3 is 2.50 bits per heavy atom. The van der Waals surface area contributed by atoms with Crippen molar-refractivity contribution in [1.29, 1.82) is 0 Å². The van der Waals surface area contributed by atoms with Crippen LogP contribution in [-0.4, -0.2) is 42.0 Å². The van der Waals surface area contributed by atoms with E-state index in [4.69, 9.17) is 4.42 Å². The highest BCUT2D eigenvalue weighted by Crippen LogP contribution is 2.18. The van der Waals surface area contributed by atoms with Gasteiger partial charge in [-0.05, 0) is 37.3 Å². The number of hydroxylamine groups is 1. The number of hydrogen-bond donors (Lipinski definition) is 2. The molecule has 0 atom stereocenters. The van der Waals surface area contributed by atoms with Gasteiger partial charge >= 0.3 is 5.88 Å². The summed E-state index contributed by atoms with van der Waals surface area (Å²) >= 11 is 0. The van der Waals surface area contributed by atoms with Gasteiger partial charge in [-0.3, -0.25) is 20.8 Å². The van der Waals surface area contributed by atoms with Crippen molar-refractivity contribution >= 4 is 35.0 Å². The summed E-state index contributed by atoms with van der Waals surface area (Å²) in [5, 5.41) is 27.5. The lowest BCUT2D eigenvalue weighted by Crippen LogP contribution is -2.26. The van der Waals surface area contributed by atoms with Crippen molar-refractivity contribution < 1.29 is 14.5 Å². The SMILES string of the molecule is CC(=NN=Cc1ccc([N+](=O)[O-])o1)C(=Nc1ccc(N(C)C)cc1)NO. The monoisotopic (exact) mass is 358 g/mol. The summed E-state index contributed by atoms with van der Waals surface area (Å²) in [4.78, 5) is 16.1. The van der Waals surface area contributed by atoms with Crippen LogP contribution in [0.15, 0.2) is 56.0 Å². The molecule has 0 saturated heterocycles. The molecule has 0 radical (unpaired) electrons. The first kappa shape index (κ1) is 18.8. The van der Waals surface area contributed by atoms with Gasteiger partial charge < -0.3 is 9.32 Å². The summed E-state index contributed by atoms with van der Waals surface area (Å²) in [5.41, 5.74) is 3.92. The van der Waals surface area contributed by atoms with Gasteiger partial charge in [0, 0.05) is 19.8 Å². The van der Waals surface area contributed by atoms with Crippen LogP contribution >= 0.6 is 0 Å². The van der Waals surface area contributed by atoms with Crippen molar-refractivity contribution in [3.63, 3.8) is 0 Å². The highest BCUT2D eigenvalue weighted by molar-refractivity contribution is 6.40. The average Bonchev–Trinajstić information content (AvgIpc) is 3.09. The number of nitrogens with zero attached hydrogens (tertiary/aromatic N) is 5. The molecule has 2 N–H and O–H groups in total. The van der Waals surface area contributed by atoms with Crippen molar-refractivity contribution in [3.8, 4) is 0 Å². The van der Waals surface area contributed by atoms with E-state index in [1.807, 2.05) is 36.6 Å². The third-order valence-electron chi connectivity index (χ3n) is 3.24. The maximum Gasteiger partial charge on any atom is 0.433 e. The normalized spacial score (nSPS) is 12.5. The van der Waals surface area contributed by atoms with E-state index < -0.39 is 4.92 Å². The van der Waals surface area contributed by atoms with E-state index in [-0.39, 0.29) is 17.5 Å². The third-order valence-corrected chi connectivity index (χ3v) is 3.24. The quantitative estimate of drug-likeness (QED) is 0.353. The Morgan fingerprint density at radius 1 is 1.27 bits per heavy atom. The molecular weight excluding hydrogens is 340 g/mol. The molecule has 10 heteroatoms. The number of anilines is 1. The van der Waals surface area contributed by atoms with Gasteiger partial charge in [0.25, 0.3) is 0 Å². The molecule has 1 aromatic carbocycles. The second-order valence-corrected chi connectivity index (χ2v) is 5.35. The maximum atomic E-state index is 10.5. The fraction of sp³-hybridized carbons (Fsp3) is 0.188. The van der Waals surface area contributed by atoms with E-state index in [0.29, 0.717) is 11.4 Å². The van der Waals surface area contributed by atoms with Crippen LogP contribution in [-0.2, 0) is 0 Å². The number of nitrogens with one attached hydrogen (secondary N) is 1. The van der Waals surface area contributed by atoms with Gasteiger partial charge in [0.1, 0.15) is 10.6 Å². The van der Waals surface area contributed by atoms with Crippen LogP contribution in [0.5, 0.6) is 0 Å². The van der Waals surface area contributed by atoms with Gasteiger partial charge in [-0.15, -0.1) is 0 Å². The summed E-state index contributed by atoms with van der Waals surface area (Å²) in [6.07, 6.45) is 1.22. The lowest BCUT2D eigenvalue weighted by molar-refractivity contribution is -0.402. The molecule has 0 fully saturated rings. The topological polar surface area (TPSA) is 129 Å². The maximum absolute atomic E-state index is 10.5. The second kappa shape index (κ2) is 8.53. The molecule has 0 aliphatic heterocycles. The van der Waals surface area contributed by atoms with E-state index in [1.54, 1.807) is 19.1 Å². The van der Waals surface area contributed by atoms with Gasteiger partial charge in [-0.1, -0.05) is 0 Å². The molecule has 2 rings (SSSR count). The Bertz CT molecular complexity index is 852. The van der Waals surface area contributed by atoms with E-state index in [0.717, 1.165) is 5.69 Å². The van der Waals surface area contributed by atoms with Crippen molar-refractivity contribution in [2.45, 2.75) is 6.92 Å². The zero-order chi connectivity index (χ0) is 19.1. The molecule has 0 saturated carbocycles. The van der Waals surface area contributed by atoms with Crippen LogP contribution in [0.4, 0.5) is 17.3 Å². The zero-order valence-electron chi connectivity index (χ0n) is 14.4. The molecule has 0 aliphatic carbocycles. The Labute approximate surface area is 149 Å². The number of furan rings is 1. The number of hydrogen-bond acceptors (Lipinski definition) is 8. The minimum absolute atomic E-state index is 0.116. The van der Waals surface area contributed by atoms with Gasteiger partial charge in [0.2, 0.25) is 0 Å². The first-order valence-corrected chi connectivity index (χ1v) is 7.49. The number of benzene rings is 1. The standard InChI is InChI=1S/C16H18N6O4/c1-11(19-17-10-14-8-9-15(26-14)22(24)25)16(20-23)18-12-4-6-13(7-5-12)21(2)3/h4-10,23H,1-3H3,(H,18,20). The van der Waals surface area contributed by atoms with E-state index in [9.17, 15) is 15.3 Å². The molecule has 0 spiro atoms. The molecule has 0 aliphatic rings. The van der Waals surface area contributed by atoms with Crippen LogP contribution in [0, 0.1) is 10.1 Å². The van der Waals surface area contributed by atoms with Crippen LogP contribution in [0.2, 0.25) is 0 Å². The van der Waals surface area contributed by atoms with Crippen LogP contribution in [0.3, 0.4) is 0 Å². The summed E-state index contributed by atoms with van der Waals surface area (Å²) in [7, 11) is 3.86. The van der Waals surface area contributed by atoms with Crippen molar-refractivity contribution in [2.24, 2.45) is 15.2 Å². The van der Waals surface area contributed by atoms with E-state index in [1.165, 1.54) is 18.3 Å². The molecule has 10 nitrogen and oxygen atoms in total. The van der Waals surface area contributed by atoms with E-state index >= 15 is 0 Å². The number of rotatable bonds is 6. The first-order valence-electron chi connectivity index (χ1n) is 7.49. The minimum Gasteiger partial charge on any atom is -0.400 e. The predicted octanol–water partition coefficient (Wildman–Crippen LogP) is 2.76. The molecule has 0 bridgehead atoms. The zero-order valence-corrected chi connectivity index (χ0v) is 14.4. The molecule has 1 aromatic heterocycles. The molecule has 0 unspecified atom stereocenters. The molecule has 0 amide bonds. The van der Waals surface area contributed by atoms with Crippen molar-refractivity contribution in [3.05, 3.63) is 52.3 Å². The van der Waals surface area contributed by atoms with Crippen LogP contribution in [0.25, 0.3) is 0 Å². The minimum atomic E-state index is -0.645. The van der Waals surface area contributed by atoms with Gasteiger partial charge in [0.05, 0.1) is 18.0 Å². The highest BCUT2D eigenvalue weighted by atomic mass is 16.6. The summed E-state index contributed by atoms with van der Waals surface area (Å²) in [6, 6.07) is 10.00. The molecule has 136 valence electrons. The lowest BCUT2D eigenvalue weighted by Gasteiger charge is -2.12. The van der Waals surface area contributed by atoms with E-state index in [2.05, 4.69) is 15.2 Å². The molecule has 2 aromatic rings. The Hall–Kier alpha value is -3.53. The molecule has 26 heavy (non-hydrogen) atoms. The summed E-state index contributed by atoms with van der Waals surface area (Å²) in [5.74, 6) is -0.0826. The fourth-order valence-electron chi connectivity index (χ4n) is 1.87. The van der Waals surface area contributed by atoms with Crippen molar-refractivity contribution in [2.75, 3.05) is 19.0 Å². The second-order valence-electron chi connectivity index (χ2n) is 5.35. The number of aliphatic imine (C=N–C) groups is 1. The smallest absolute Gasteiger partial charge is 0.400 e. The largest absolute Gasteiger partial charge is 0.433 e. The van der Waals surface area contributed by atoms with Crippen molar-refractivity contribution in [1.82, 2.24) is 5.48 Å². The average molecular weight is 358 g/mol. The third kappa shape index (κ3) is 4.98. The molecule has 1 heterocycles. The number of nitro groups is 1. The summed E-state index contributed by atoms with van der Waals surface area (Å²) in [6.45, 7) is 1.60. The van der Waals surface area contributed by atoms with Gasteiger partial charge in [-0.25, -0.2) is 4.99 Å². The highest BCUT2D eigenvalue weighted by Gasteiger charge is 2.10. The van der Waals surface area contributed by atoms with Crippen LogP contribution < -0.4 is 10.4 Å². The van der Waals surface area contributed by atoms with Gasteiger partial charge in [-0.2, -0.15) is 10.2 Å². The fourth-order valence-corrected chi connectivity index (χ4v) is 1.87. The number of amidine groups is 1. The lowest BCUT2D eigenvalue weighted by atomic mass is 10.2. The Kier molecular flexibility index (Phi) is 6.17. The van der Waals surface area contributed by atoms with Crippen LogP contribution in [0.1, 0.15) is 12.7 Å². The predicted molar refractivity (Wildman–Crippen MR) is 98.9 cm³/mol. The van der Waals surface area contributed by atoms with Gasteiger partial charge in [0.15, 0.2) is 11.6 Å². The Balaban J connectivity index is 2.13. The first-order chi connectivity index (χ1) is 12.4.